The molecule has 0 fully saturated rings. The highest BCUT2D eigenvalue weighted by Gasteiger charge is 2.20. The zero-order valence-electron chi connectivity index (χ0n) is 15.3. The molecule has 1 unspecified atom stereocenters. The van der Waals surface area contributed by atoms with Gasteiger partial charge in [0.2, 0.25) is 0 Å². The molecule has 1 aliphatic carbocycles. The van der Waals surface area contributed by atoms with Crippen LogP contribution in [-0.4, -0.2) is 26.6 Å². The fraction of sp³-hybridized carbons (Fsp3) is 0.318. The first-order valence-corrected chi connectivity index (χ1v) is 9.54. The van der Waals surface area contributed by atoms with Crippen LogP contribution in [0.15, 0.2) is 55.1 Å². The zero-order chi connectivity index (χ0) is 18.5. The summed E-state index contributed by atoms with van der Waals surface area (Å²) in [6.45, 7) is 0.767. The smallest absolute Gasteiger partial charge is 0.168 e. The third-order valence-corrected chi connectivity index (χ3v) is 5.15. The Balaban J connectivity index is 1.35. The van der Waals surface area contributed by atoms with Crippen LogP contribution < -0.4 is 5.32 Å². The Kier molecular flexibility index (Phi) is 5.28. The van der Waals surface area contributed by atoms with Crippen molar-refractivity contribution in [3.8, 4) is 5.75 Å². The highest BCUT2D eigenvalue weighted by Crippen LogP contribution is 2.32. The van der Waals surface area contributed by atoms with Gasteiger partial charge in [-0.05, 0) is 60.6 Å². The monoisotopic (exact) mass is 360 g/mol. The number of aromatic hydroxyl groups is 1. The molecule has 3 aromatic heterocycles. The van der Waals surface area contributed by atoms with Gasteiger partial charge >= 0.3 is 0 Å². The van der Waals surface area contributed by atoms with Crippen molar-refractivity contribution in [3.63, 3.8) is 0 Å². The van der Waals surface area contributed by atoms with Gasteiger partial charge in [0.15, 0.2) is 11.6 Å². The first kappa shape index (κ1) is 17.5. The number of nitrogens with zero attached hydrogens (tertiary/aromatic N) is 3. The number of rotatable bonds is 6. The largest absolute Gasteiger partial charge is 0.504 e. The normalized spacial score (nSPS) is 15.9. The predicted molar refractivity (Wildman–Crippen MR) is 106 cm³/mol. The summed E-state index contributed by atoms with van der Waals surface area (Å²) in [5, 5.41) is 13.6. The van der Waals surface area contributed by atoms with E-state index in [1.807, 2.05) is 36.8 Å². The van der Waals surface area contributed by atoms with Gasteiger partial charge in [-0.15, -0.1) is 0 Å². The molecule has 4 rings (SSSR count). The highest BCUT2D eigenvalue weighted by molar-refractivity contribution is 5.50. The molecule has 2 N–H and O–H groups in total. The summed E-state index contributed by atoms with van der Waals surface area (Å²) in [4.78, 5) is 13.1. The van der Waals surface area contributed by atoms with Crippen LogP contribution in [0.4, 0.5) is 5.82 Å². The molecule has 0 aliphatic heterocycles. The van der Waals surface area contributed by atoms with Crippen LogP contribution in [0.3, 0.4) is 0 Å². The standard InChI is InChI=1S/C22H24N4O/c27-20-13-17(12-16-4-2-9-23-14-16)15-26-22(20)25-11-8-19-6-1-5-18-7-3-10-24-21(18)19/h2-4,7,9-10,13-15,19,27H,1,5-6,8,11-12H2,(H,25,26). The van der Waals surface area contributed by atoms with Gasteiger partial charge in [0.05, 0.1) is 0 Å². The number of hydrogen-bond donors (Lipinski definition) is 2. The lowest BCUT2D eigenvalue weighted by atomic mass is 9.85. The zero-order valence-corrected chi connectivity index (χ0v) is 15.3. The SMILES string of the molecule is Oc1cc(Cc2cccnc2)cnc1NCCC1CCCc2cccnc21. The molecule has 0 radical (unpaired) electrons. The molecule has 1 aliphatic rings. The molecule has 5 nitrogen and oxygen atoms in total. The quantitative estimate of drug-likeness (QED) is 0.693. The van der Waals surface area contributed by atoms with Crippen molar-refractivity contribution < 1.29 is 5.11 Å². The Morgan fingerprint density at radius 3 is 2.85 bits per heavy atom. The van der Waals surface area contributed by atoms with Gasteiger partial charge in [0.1, 0.15) is 0 Å². The van der Waals surface area contributed by atoms with E-state index in [2.05, 4.69) is 26.3 Å². The van der Waals surface area contributed by atoms with Gasteiger partial charge in [-0.1, -0.05) is 12.1 Å². The van der Waals surface area contributed by atoms with E-state index in [1.165, 1.54) is 24.1 Å². The number of nitrogens with one attached hydrogen (secondary N) is 1. The summed E-state index contributed by atoms with van der Waals surface area (Å²) in [5.41, 5.74) is 4.70. The molecule has 1 atom stereocenters. The maximum absolute atomic E-state index is 10.3. The average Bonchev–Trinajstić information content (AvgIpc) is 2.70. The second-order valence-electron chi connectivity index (χ2n) is 7.10. The van der Waals surface area contributed by atoms with E-state index in [-0.39, 0.29) is 5.75 Å². The van der Waals surface area contributed by atoms with Gasteiger partial charge in [-0.25, -0.2) is 4.98 Å². The van der Waals surface area contributed by atoms with Crippen LogP contribution in [0.25, 0.3) is 0 Å². The summed E-state index contributed by atoms with van der Waals surface area (Å²) >= 11 is 0. The predicted octanol–water partition coefficient (Wildman–Crippen LogP) is 4.09. The molecule has 0 saturated carbocycles. The summed E-state index contributed by atoms with van der Waals surface area (Å²) in [6, 6.07) is 9.92. The van der Waals surface area contributed by atoms with Gasteiger partial charge in [-0.2, -0.15) is 0 Å². The fourth-order valence-electron chi connectivity index (χ4n) is 3.82. The maximum Gasteiger partial charge on any atom is 0.168 e. The van der Waals surface area contributed by atoms with Crippen LogP contribution in [0.1, 0.15) is 47.6 Å². The van der Waals surface area contributed by atoms with Crippen LogP contribution in [0.2, 0.25) is 0 Å². The van der Waals surface area contributed by atoms with Crippen LogP contribution in [-0.2, 0) is 12.8 Å². The van der Waals surface area contributed by atoms with Gasteiger partial charge in [0, 0.05) is 49.4 Å². The molecule has 0 amide bonds. The Morgan fingerprint density at radius 1 is 1.07 bits per heavy atom. The molecule has 5 heteroatoms. The lowest BCUT2D eigenvalue weighted by Crippen LogP contribution is -2.15. The van der Waals surface area contributed by atoms with Gasteiger partial charge in [-0.3, -0.25) is 9.97 Å². The number of anilines is 1. The van der Waals surface area contributed by atoms with Gasteiger partial charge < -0.3 is 10.4 Å². The van der Waals surface area contributed by atoms with Crippen molar-refractivity contribution in [1.29, 1.82) is 0 Å². The van der Waals surface area contributed by atoms with E-state index in [0.717, 1.165) is 30.5 Å². The van der Waals surface area contributed by atoms with E-state index in [0.29, 0.717) is 18.2 Å². The first-order chi connectivity index (χ1) is 13.3. The van der Waals surface area contributed by atoms with Gasteiger partial charge in [0.25, 0.3) is 0 Å². The lowest BCUT2D eigenvalue weighted by Gasteiger charge is -2.24. The molecule has 0 bridgehead atoms. The minimum absolute atomic E-state index is 0.193. The van der Waals surface area contributed by atoms with Crippen molar-refractivity contribution >= 4 is 5.82 Å². The van der Waals surface area contributed by atoms with E-state index in [4.69, 9.17) is 0 Å². The third kappa shape index (κ3) is 4.25. The van der Waals surface area contributed by atoms with E-state index in [9.17, 15) is 5.11 Å². The molecule has 27 heavy (non-hydrogen) atoms. The molecular weight excluding hydrogens is 336 g/mol. The van der Waals surface area contributed by atoms with Crippen molar-refractivity contribution in [2.45, 2.75) is 38.0 Å². The fourth-order valence-corrected chi connectivity index (χ4v) is 3.82. The number of aryl methyl sites for hydroxylation is 1. The molecule has 3 aromatic rings. The average molecular weight is 360 g/mol. The summed E-state index contributed by atoms with van der Waals surface area (Å²) in [6.07, 6.45) is 12.5. The third-order valence-electron chi connectivity index (χ3n) is 5.15. The van der Waals surface area contributed by atoms with Crippen molar-refractivity contribution in [3.05, 3.63) is 77.5 Å². The summed E-state index contributed by atoms with van der Waals surface area (Å²) in [5.74, 6) is 1.22. The minimum atomic E-state index is 0.193. The Bertz CT molecular complexity index is 898. The minimum Gasteiger partial charge on any atom is -0.504 e. The summed E-state index contributed by atoms with van der Waals surface area (Å²) in [7, 11) is 0. The van der Waals surface area contributed by atoms with E-state index < -0.39 is 0 Å². The molecule has 0 saturated heterocycles. The van der Waals surface area contributed by atoms with Crippen molar-refractivity contribution in [1.82, 2.24) is 15.0 Å². The number of aromatic nitrogens is 3. The van der Waals surface area contributed by atoms with Crippen LogP contribution in [0.5, 0.6) is 5.75 Å². The first-order valence-electron chi connectivity index (χ1n) is 9.54. The second-order valence-corrected chi connectivity index (χ2v) is 7.10. The molecule has 3 heterocycles. The van der Waals surface area contributed by atoms with E-state index >= 15 is 0 Å². The molecular formula is C22H24N4O. The molecule has 0 aromatic carbocycles. The Labute approximate surface area is 159 Å². The van der Waals surface area contributed by atoms with Crippen LogP contribution >= 0.6 is 0 Å². The van der Waals surface area contributed by atoms with Crippen LogP contribution in [0, 0.1) is 0 Å². The topological polar surface area (TPSA) is 70.9 Å². The van der Waals surface area contributed by atoms with E-state index in [1.54, 1.807) is 12.3 Å². The Morgan fingerprint density at radius 2 is 2.00 bits per heavy atom. The summed E-state index contributed by atoms with van der Waals surface area (Å²) < 4.78 is 0. The van der Waals surface area contributed by atoms with Crippen molar-refractivity contribution in [2.75, 3.05) is 11.9 Å². The lowest BCUT2D eigenvalue weighted by molar-refractivity contribution is 0.473. The number of pyridine rings is 3. The second kappa shape index (κ2) is 8.16. The Hall–Kier alpha value is -2.95. The number of fused-ring (bicyclic) bond motifs is 1. The van der Waals surface area contributed by atoms with Crippen molar-refractivity contribution in [2.24, 2.45) is 0 Å². The highest BCUT2D eigenvalue weighted by atomic mass is 16.3. The molecule has 0 spiro atoms. The maximum atomic E-state index is 10.3. The molecule has 138 valence electrons. The number of hydrogen-bond acceptors (Lipinski definition) is 5.